The van der Waals surface area contributed by atoms with Crippen molar-refractivity contribution in [3.63, 3.8) is 0 Å². The van der Waals surface area contributed by atoms with Gasteiger partial charge in [0.25, 0.3) is 0 Å². The zero-order chi connectivity index (χ0) is 19.6. The van der Waals surface area contributed by atoms with Gasteiger partial charge in [-0.15, -0.1) is 0 Å². The van der Waals surface area contributed by atoms with Gasteiger partial charge in [-0.2, -0.15) is 0 Å². The summed E-state index contributed by atoms with van der Waals surface area (Å²) in [5.74, 6) is 0.206. The molecule has 0 aliphatic rings. The molecule has 5 nitrogen and oxygen atoms in total. The van der Waals surface area contributed by atoms with Crippen molar-refractivity contribution >= 4 is 23.2 Å². The molecule has 0 saturated heterocycles. The fourth-order valence-corrected chi connectivity index (χ4v) is 2.80. The first kappa shape index (κ1) is 20.2. The summed E-state index contributed by atoms with van der Waals surface area (Å²) < 4.78 is 4.94. The van der Waals surface area contributed by atoms with Crippen molar-refractivity contribution in [1.29, 1.82) is 21.6 Å². The van der Waals surface area contributed by atoms with Crippen molar-refractivity contribution in [2.75, 3.05) is 0 Å². The Balaban J connectivity index is 1.84. The predicted molar refractivity (Wildman–Crippen MR) is 111 cm³/mol. The lowest BCUT2D eigenvalue weighted by molar-refractivity contribution is 0.502. The van der Waals surface area contributed by atoms with E-state index in [1.165, 1.54) is 6.92 Å². The number of unbranched alkanes of at least 4 members (excludes halogenated alkanes) is 2. The van der Waals surface area contributed by atoms with Gasteiger partial charge in [0.1, 0.15) is 0 Å². The molecule has 0 spiro atoms. The smallest absolute Gasteiger partial charge is 0.189 e. The fourth-order valence-electron chi connectivity index (χ4n) is 2.80. The summed E-state index contributed by atoms with van der Waals surface area (Å²) in [5, 5.41) is 31.4. The molecule has 2 aromatic rings. The van der Waals surface area contributed by atoms with Crippen LogP contribution in [0.15, 0.2) is 54.6 Å². The first-order chi connectivity index (χ1) is 13.0. The van der Waals surface area contributed by atoms with E-state index in [0.717, 1.165) is 42.4 Å². The number of hydrogen-bond donors (Lipinski definition) is 4. The number of benzene rings is 2. The highest BCUT2D eigenvalue weighted by atomic mass is 16.5. The predicted octanol–water partition coefficient (Wildman–Crippen LogP) is 5.22. The molecular formula is C22H26N4O. The van der Waals surface area contributed by atoms with Crippen molar-refractivity contribution in [1.82, 2.24) is 0 Å². The Hall–Kier alpha value is -3.08. The van der Waals surface area contributed by atoms with Crippen molar-refractivity contribution in [2.24, 2.45) is 0 Å². The van der Waals surface area contributed by atoms with Gasteiger partial charge in [0.05, 0.1) is 11.4 Å². The molecule has 2 aromatic carbocycles. The maximum Gasteiger partial charge on any atom is 0.189 e. The van der Waals surface area contributed by atoms with Gasteiger partial charge in [0.2, 0.25) is 0 Å². The van der Waals surface area contributed by atoms with Crippen LogP contribution in [-0.2, 0) is 11.2 Å². The number of ether oxygens (including phenoxy) is 1. The number of rotatable bonds is 9. The molecular weight excluding hydrogens is 336 g/mol. The molecule has 0 unspecified atom stereocenters. The van der Waals surface area contributed by atoms with E-state index in [4.69, 9.17) is 26.4 Å². The lowest BCUT2D eigenvalue weighted by Crippen LogP contribution is -2.14. The van der Waals surface area contributed by atoms with Crippen LogP contribution in [-0.4, -0.2) is 23.2 Å². The van der Waals surface area contributed by atoms with Gasteiger partial charge >= 0.3 is 0 Å². The van der Waals surface area contributed by atoms with Gasteiger partial charge in [-0.1, -0.05) is 55.0 Å². The van der Waals surface area contributed by atoms with E-state index in [1.807, 2.05) is 54.6 Å². The molecule has 0 bridgehead atoms. The van der Waals surface area contributed by atoms with E-state index in [-0.39, 0.29) is 23.2 Å². The van der Waals surface area contributed by atoms with E-state index in [2.05, 4.69) is 0 Å². The van der Waals surface area contributed by atoms with Crippen molar-refractivity contribution < 1.29 is 4.74 Å². The summed E-state index contributed by atoms with van der Waals surface area (Å²) in [4.78, 5) is 0. The molecule has 0 saturated carbocycles. The Morgan fingerprint density at radius 3 is 2.15 bits per heavy atom. The summed E-state index contributed by atoms with van der Waals surface area (Å²) in [6.45, 7) is 1.52. The molecule has 5 heteroatoms. The van der Waals surface area contributed by atoms with Gasteiger partial charge in [0.15, 0.2) is 11.8 Å². The van der Waals surface area contributed by atoms with E-state index in [0.29, 0.717) is 6.42 Å². The van der Waals surface area contributed by atoms with Crippen LogP contribution >= 0.6 is 0 Å². The monoisotopic (exact) mass is 362 g/mol. The second-order valence-corrected chi connectivity index (χ2v) is 6.46. The Morgan fingerprint density at radius 1 is 0.778 bits per heavy atom. The molecule has 0 atom stereocenters. The van der Waals surface area contributed by atoms with E-state index < -0.39 is 0 Å². The largest absolute Gasteiger partial charge is 0.430 e. The van der Waals surface area contributed by atoms with E-state index in [9.17, 15) is 0 Å². The molecule has 0 aromatic heterocycles. The van der Waals surface area contributed by atoms with Crippen LogP contribution in [0.5, 0.6) is 0 Å². The number of aryl methyl sites for hydroxylation is 1. The molecule has 27 heavy (non-hydrogen) atoms. The lowest BCUT2D eigenvalue weighted by atomic mass is 9.97. The third-order valence-corrected chi connectivity index (χ3v) is 4.17. The van der Waals surface area contributed by atoms with Crippen LogP contribution < -0.4 is 0 Å². The maximum atomic E-state index is 8.34. The van der Waals surface area contributed by atoms with Gasteiger partial charge < -0.3 is 4.74 Å². The van der Waals surface area contributed by atoms with Crippen LogP contribution in [0.1, 0.15) is 49.3 Å². The molecule has 2 rings (SSSR count). The third kappa shape index (κ3) is 6.62. The average molecular weight is 362 g/mol. The Bertz CT molecular complexity index is 827. The average Bonchev–Trinajstić information content (AvgIpc) is 2.67. The summed E-state index contributed by atoms with van der Waals surface area (Å²) in [6.07, 6.45) is 4.28. The second kappa shape index (κ2) is 10.2. The first-order valence-electron chi connectivity index (χ1n) is 9.10. The summed E-state index contributed by atoms with van der Waals surface area (Å²) >= 11 is 0. The van der Waals surface area contributed by atoms with E-state index in [1.54, 1.807) is 0 Å². The second-order valence-electron chi connectivity index (χ2n) is 6.46. The highest BCUT2D eigenvalue weighted by molar-refractivity contribution is 6.51. The topological polar surface area (TPSA) is 105 Å². The first-order valence-corrected chi connectivity index (χ1v) is 9.10. The summed E-state index contributed by atoms with van der Waals surface area (Å²) in [7, 11) is 0. The van der Waals surface area contributed by atoms with Crippen LogP contribution in [0.25, 0.3) is 0 Å². The van der Waals surface area contributed by atoms with Crippen LogP contribution in [0.4, 0.5) is 0 Å². The van der Waals surface area contributed by atoms with Gasteiger partial charge in [-0.05, 0) is 30.9 Å². The summed E-state index contributed by atoms with van der Waals surface area (Å²) in [5.41, 5.74) is 3.12. The van der Waals surface area contributed by atoms with Gasteiger partial charge in [-0.25, -0.2) is 0 Å². The Morgan fingerprint density at radius 2 is 1.44 bits per heavy atom. The lowest BCUT2D eigenvalue weighted by Gasteiger charge is -2.09. The molecule has 0 heterocycles. The minimum atomic E-state index is 0.0559. The molecule has 0 aliphatic heterocycles. The zero-order valence-electron chi connectivity index (χ0n) is 15.6. The highest BCUT2D eigenvalue weighted by Gasteiger charge is 2.10. The van der Waals surface area contributed by atoms with Gasteiger partial charge in [0, 0.05) is 24.5 Å². The van der Waals surface area contributed by atoms with Crippen molar-refractivity contribution in [3.8, 4) is 0 Å². The maximum absolute atomic E-state index is 8.34. The Labute approximate surface area is 160 Å². The molecule has 0 amide bonds. The van der Waals surface area contributed by atoms with Crippen LogP contribution in [0.3, 0.4) is 0 Å². The minimum Gasteiger partial charge on any atom is -0.430 e. The van der Waals surface area contributed by atoms with Gasteiger partial charge in [-0.3, -0.25) is 21.6 Å². The SMILES string of the molecule is CC(=N)OC(=N)CCCCCc1cccc(C(=N)C(=N)c2ccccc2)c1. The molecule has 0 fully saturated rings. The number of hydrogen-bond acceptors (Lipinski definition) is 5. The standard InChI is InChI=1S/C22H26N4O/c1-16(23)27-20(24)14-7-2-4-9-17-10-8-13-19(15-17)22(26)21(25)18-11-5-3-6-12-18/h3,5-6,8,10-13,15,23-26H,2,4,7,9,14H2,1H3. The normalized spacial score (nSPS) is 10.3. The summed E-state index contributed by atoms with van der Waals surface area (Å²) in [6, 6.07) is 17.2. The van der Waals surface area contributed by atoms with Crippen molar-refractivity contribution in [3.05, 3.63) is 71.3 Å². The van der Waals surface area contributed by atoms with Crippen LogP contribution in [0, 0.1) is 21.6 Å². The van der Waals surface area contributed by atoms with E-state index >= 15 is 0 Å². The Kier molecular flexibility index (Phi) is 7.62. The van der Waals surface area contributed by atoms with Crippen LogP contribution in [0.2, 0.25) is 0 Å². The minimum absolute atomic E-state index is 0.0559. The molecule has 0 aliphatic carbocycles. The zero-order valence-corrected chi connectivity index (χ0v) is 15.6. The third-order valence-electron chi connectivity index (χ3n) is 4.17. The van der Waals surface area contributed by atoms with Crippen molar-refractivity contribution in [2.45, 2.75) is 39.0 Å². The molecule has 140 valence electrons. The fraction of sp³-hybridized carbons (Fsp3) is 0.273. The molecule has 0 radical (unpaired) electrons. The quantitative estimate of drug-likeness (QED) is 0.274. The number of nitrogens with one attached hydrogen (secondary N) is 4. The molecule has 4 N–H and O–H groups in total. The highest BCUT2D eigenvalue weighted by Crippen LogP contribution is 2.13.